The van der Waals surface area contributed by atoms with Gasteiger partial charge in [-0.3, -0.25) is 4.79 Å². The molecule has 0 unspecified atom stereocenters. The van der Waals surface area contributed by atoms with Gasteiger partial charge in [-0.2, -0.15) is 4.31 Å². The Hall–Kier alpha value is -1.51. The molecule has 0 fully saturated rings. The van der Waals surface area contributed by atoms with Crippen LogP contribution in [0.3, 0.4) is 0 Å². The molecular formula is C14H22FN3O3S. The molecule has 124 valence electrons. The van der Waals surface area contributed by atoms with Gasteiger partial charge in [0.1, 0.15) is 5.82 Å². The number of nitrogens with zero attached hydrogens (tertiary/aromatic N) is 2. The van der Waals surface area contributed by atoms with Gasteiger partial charge < -0.3 is 10.2 Å². The van der Waals surface area contributed by atoms with Gasteiger partial charge in [-0.15, -0.1) is 0 Å². The van der Waals surface area contributed by atoms with Gasteiger partial charge in [-0.05, 0) is 32.3 Å². The van der Waals surface area contributed by atoms with Crippen LogP contribution in [0.2, 0.25) is 0 Å². The Labute approximate surface area is 131 Å². The predicted molar refractivity (Wildman–Crippen MR) is 83.7 cm³/mol. The number of sulfonamides is 1. The Morgan fingerprint density at radius 2 is 1.91 bits per heavy atom. The largest absolute Gasteiger partial charge is 0.351 e. The zero-order valence-electron chi connectivity index (χ0n) is 13.0. The Balaban J connectivity index is 2.53. The lowest BCUT2D eigenvalue weighted by atomic mass is 10.2. The summed E-state index contributed by atoms with van der Waals surface area (Å²) < 4.78 is 37.7. The molecule has 22 heavy (non-hydrogen) atoms. The number of likely N-dealkylation sites (N-methyl/N-ethyl adjacent to an activating group) is 1. The lowest BCUT2D eigenvalue weighted by molar-refractivity contribution is 0.0951. The van der Waals surface area contributed by atoms with Gasteiger partial charge in [0.2, 0.25) is 10.0 Å². The molecule has 0 atom stereocenters. The highest BCUT2D eigenvalue weighted by Crippen LogP contribution is 2.03. The third-order valence-electron chi connectivity index (χ3n) is 3.00. The van der Waals surface area contributed by atoms with E-state index in [9.17, 15) is 17.6 Å². The maximum absolute atomic E-state index is 13.0. The molecule has 0 aromatic heterocycles. The van der Waals surface area contributed by atoms with E-state index < -0.39 is 21.7 Å². The second kappa shape index (κ2) is 8.21. The first kappa shape index (κ1) is 18.5. The van der Waals surface area contributed by atoms with Gasteiger partial charge >= 0.3 is 0 Å². The van der Waals surface area contributed by atoms with Crippen molar-refractivity contribution in [3.63, 3.8) is 0 Å². The third kappa shape index (κ3) is 6.50. The molecule has 0 saturated heterocycles. The van der Waals surface area contributed by atoms with Gasteiger partial charge in [-0.1, -0.05) is 6.07 Å². The highest BCUT2D eigenvalue weighted by molar-refractivity contribution is 7.88. The second-order valence-corrected chi connectivity index (χ2v) is 7.21. The number of halogens is 1. The second-order valence-electron chi connectivity index (χ2n) is 5.23. The van der Waals surface area contributed by atoms with E-state index in [0.717, 1.165) is 12.3 Å². The molecule has 0 radical (unpaired) electrons. The number of hydrogen-bond acceptors (Lipinski definition) is 4. The van der Waals surface area contributed by atoms with Crippen molar-refractivity contribution in [2.75, 3.05) is 46.5 Å². The SMILES string of the molecule is CN(C)CCN(CCNC(=O)c1cccc(F)c1)S(C)(=O)=O. The fourth-order valence-electron chi connectivity index (χ4n) is 1.78. The van der Waals surface area contributed by atoms with Crippen molar-refractivity contribution in [2.24, 2.45) is 0 Å². The van der Waals surface area contributed by atoms with E-state index in [4.69, 9.17) is 0 Å². The summed E-state index contributed by atoms with van der Waals surface area (Å²) in [4.78, 5) is 13.7. The molecule has 1 amide bonds. The summed E-state index contributed by atoms with van der Waals surface area (Å²) in [5, 5.41) is 2.59. The summed E-state index contributed by atoms with van der Waals surface area (Å²) in [5.74, 6) is -0.919. The molecule has 1 N–H and O–H groups in total. The van der Waals surface area contributed by atoms with Crippen LogP contribution in [-0.2, 0) is 10.0 Å². The Morgan fingerprint density at radius 3 is 2.45 bits per heavy atom. The van der Waals surface area contributed by atoms with Crippen molar-refractivity contribution in [1.82, 2.24) is 14.5 Å². The van der Waals surface area contributed by atoms with Crippen LogP contribution < -0.4 is 5.32 Å². The molecule has 0 heterocycles. The van der Waals surface area contributed by atoms with Crippen molar-refractivity contribution in [3.8, 4) is 0 Å². The summed E-state index contributed by atoms with van der Waals surface area (Å²) in [6.07, 6.45) is 1.14. The lowest BCUT2D eigenvalue weighted by Crippen LogP contribution is -2.41. The van der Waals surface area contributed by atoms with Crippen molar-refractivity contribution in [3.05, 3.63) is 35.6 Å². The van der Waals surface area contributed by atoms with Crippen molar-refractivity contribution >= 4 is 15.9 Å². The van der Waals surface area contributed by atoms with Gasteiger partial charge in [0.05, 0.1) is 6.26 Å². The molecule has 6 nitrogen and oxygen atoms in total. The summed E-state index contributed by atoms with van der Waals surface area (Å²) >= 11 is 0. The molecule has 8 heteroatoms. The zero-order valence-corrected chi connectivity index (χ0v) is 13.9. The minimum atomic E-state index is -3.33. The van der Waals surface area contributed by atoms with Gasteiger partial charge in [0.25, 0.3) is 5.91 Å². The van der Waals surface area contributed by atoms with Crippen molar-refractivity contribution in [2.45, 2.75) is 0 Å². The smallest absolute Gasteiger partial charge is 0.251 e. The van der Waals surface area contributed by atoms with Crippen molar-refractivity contribution in [1.29, 1.82) is 0 Å². The molecule has 0 bridgehead atoms. The highest BCUT2D eigenvalue weighted by atomic mass is 32.2. The van der Waals surface area contributed by atoms with Crippen LogP contribution in [-0.4, -0.2) is 70.1 Å². The fourth-order valence-corrected chi connectivity index (χ4v) is 2.62. The molecule has 1 rings (SSSR count). The standard InChI is InChI=1S/C14H22FN3O3S/c1-17(2)9-10-18(22(3,20)21)8-7-16-14(19)12-5-4-6-13(15)11-12/h4-6,11H,7-10H2,1-3H3,(H,16,19). The molecule has 0 aliphatic heterocycles. The number of carbonyl (C=O) groups excluding carboxylic acids is 1. The lowest BCUT2D eigenvalue weighted by Gasteiger charge is -2.22. The van der Waals surface area contributed by atoms with Crippen molar-refractivity contribution < 1.29 is 17.6 Å². The van der Waals surface area contributed by atoms with Crippen LogP contribution in [0.4, 0.5) is 4.39 Å². The van der Waals surface area contributed by atoms with Gasteiger partial charge in [0, 0.05) is 31.7 Å². The molecule has 0 aliphatic rings. The first-order valence-electron chi connectivity index (χ1n) is 6.84. The first-order valence-corrected chi connectivity index (χ1v) is 8.68. The van der Waals surface area contributed by atoms with Crippen LogP contribution in [0.5, 0.6) is 0 Å². The topological polar surface area (TPSA) is 69.7 Å². The van der Waals surface area contributed by atoms with Gasteiger partial charge in [0.15, 0.2) is 0 Å². The number of carbonyl (C=O) groups is 1. The predicted octanol–water partition coefficient (Wildman–Crippen LogP) is 0.379. The summed E-state index contributed by atoms with van der Waals surface area (Å²) in [6, 6.07) is 5.34. The minimum Gasteiger partial charge on any atom is -0.351 e. The van der Waals surface area contributed by atoms with Crippen LogP contribution in [0, 0.1) is 5.82 Å². The molecule has 0 aliphatic carbocycles. The summed E-state index contributed by atoms with van der Waals surface area (Å²) in [5.41, 5.74) is 0.208. The van der Waals surface area contributed by atoms with E-state index in [1.165, 1.54) is 22.5 Å². The zero-order chi connectivity index (χ0) is 16.8. The average Bonchev–Trinajstić information content (AvgIpc) is 2.40. The molecular weight excluding hydrogens is 309 g/mol. The van der Waals surface area contributed by atoms with Crippen LogP contribution >= 0.6 is 0 Å². The van der Waals surface area contributed by atoms with E-state index in [-0.39, 0.29) is 18.7 Å². The third-order valence-corrected chi connectivity index (χ3v) is 4.30. The molecule has 0 spiro atoms. The number of hydrogen-bond donors (Lipinski definition) is 1. The van der Waals surface area contributed by atoms with Gasteiger partial charge in [-0.25, -0.2) is 12.8 Å². The number of amides is 1. The van der Waals surface area contributed by atoms with Crippen LogP contribution in [0.25, 0.3) is 0 Å². The summed E-state index contributed by atoms with van der Waals surface area (Å²) in [6.45, 7) is 1.27. The molecule has 1 aromatic rings. The number of benzene rings is 1. The van der Waals surface area contributed by atoms with E-state index in [2.05, 4.69) is 5.32 Å². The normalized spacial score (nSPS) is 11.9. The number of rotatable bonds is 8. The van der Waals surface area contributed by atoms with E-state index in [0.29, 0.717) is 13.1 Å². The Bertz CT molecular complexity index is 605. The Morgan fingerprint density at radius 1 is 1.23 bits per heavy atom. The van der Waals surface area contributed by atoms with Crippen LogP contribution in [0.15, 0.2) is 24.3 Å². The van der Waals surface area contributed by atoms with E-state index in [1.807, 2.05) is 19.0 Å². The minimum absolute atomic E-state index is 0.163. The quantitative estimate of drug-likeness (QED) is 0.748. The van der Waals surface area contributed by atoms with Crippen LogP contribution in [0.1, 0.15) is 10.4 Å². The van der Waals surface area contributed by atoms with E-state index >= 15 is 0 Å². The highest BCUT2D eigenvalue weighted by Gasteiger charge is 2.16. The maximum atomic E-state index is 13.0. The molecule has 1 aromatic carbocycles. The van der Waals surface area contributed by atoms with E-state index in [1.54, 1.807) is 0 Å². The fraction of sp³-hybridized carbons (Fsp3) is 0.500. The molecule has 0 saturated carbocycles. The summed E-state index contributed by atoms with van der Waals surface area (Å²) in [7, 11) is 0.372. The monoisotopic (exact) mass is 331 g/mol. The first-order chi connectivity index (χ1) is 10.2. The Kier molecular flexibility index (Phi) is 6.92. The number of nitrogens with one attached hydrogen (secondary N) is 1. The average molecular weight is 331 g/mol. The maximum Gasteiger partial charge on any atom is 0.251 e.